The van der Waals surface area contributed by atoms with Gasteiger partial charge in [0.05, 0.1) is 0 Å². The van der Waals surface area contributed by atoms with Crippen molar-refractivity contribution in [2.45, 2.75) is 6.92 Å². The van der Waals surface area contributed by atoms with E-state index >= 15 is 0 Å². The van der Waals surface area contributed by atoms with Crippen LogP contribution in [0.2, 0.25) is 0 Å². The molecule has 0 aliphatic heterocycles. The fraction of sp³-hybridized carbons (Fsp3) is 1.00. The Hall–Kier alpha value is 1.99. The van der Waals surface area contributed by atoms with Gasteiger partial charge in [-0.2, -0.15) is 0 Å². The fourth-order valence-corrected chi connectivity index (χ4v) is 0. The molecule has 6 heavy (non-hydrogen) atoms. The van der Waals surface area contributed by atoms with E-state index in [0.717, 1.165) is 0 Å². The maximum Gasteiger partial charge on any atom is 1.00 e. The minimum Gasteiger partial charge on any atom is -1.00 e. The molecule has 0 aromatic carbocycles. The van der Waals surface area contributed by atoms with Crippen LogP contribution in [-0.2, 0) is 0 Å². The minimum atomic E-state index is -1.60. The molecule has 0 amide bonds. The molecule has 34 valence electrons. The van der Waals surface area contributed by atoms with Crippen molar-refractivity contribution in [3.63, 3.8) is 0 Å². The molecule has 0 aromatic rings. The summed E-state index contributed by atoms with van der Waals surface area (Å²) in [5, 5.41) is 0. The van der Waals surface area contributed by atoms with Gasteiger partial charge in [-0.1, -0.05) is 6.92 Å². The van der Waals surface area contributed by atoms with Crippen molar-refractivity contribution in [1.82, 2.24) is 0 Å². The summed E-state index contributed by atoms with van der Waals surface area (Å²) in [7, 11) is -1.60. The third-order valence-electron chi connectivity index (χ3n) is 0.283. The van der Waals surface area contributed by atoms with Gasteiger partial charge in [0.1, 0.15) is 0 Å². The van der Waals surface area contributed by atoms with Crippen LogP contribution in [0.4, 0.5) is 0 Å². The first-order chi connectivity index (χ1) is 2.27. The SMILES string of the molecule is CCP(O)O.[H-].[K+]. The zero-order valence-corrected chi connectivity index (χ0v) is 8.07. The number of hydrogen-bond acceptors (Lipinski definition) is 2. The Morgan fingerprint density at radius 2 is 1.83 bits per heavy atom. The molecule has 0 radical (unpaired) electrons. The molecular formula is C2H8KO2P. The molecule has 0 aliphatic rings. The van der Waals surface area contributed by atoms with E-state index < -0.39 is 8.38 Å². The van der Waals surface area contributed by atoms with Crippen molar-refractivity contribution in [1.29, 1.82) is 0 Å². The van der Waals surface area contributed by atoms with E-state index in [-0.39, 0.29) is 52.8 Å². The van der Waals surface area contributed by atoms with E-state index in [1.165, 1.54) is 0 Å². The van der Waals surface area contributed by atoms with Crippen molar-refractivity contribution in [2.75, 3.05) is 6.16 Å². The Labute approximate surface area is 82.8 Å². The Morgan fingerprint density at radius 3 is 1.83 bits per heavy atom. The summed E-state index contributed by atoms with van der Waals surface area (Å²) in [6.07, 6.45) is 0.481. The van der Waals surface area contributed by atoms with Crippen molar-refractivity contribution < 1.29 is 62.6 Å². The van der Waals surface area contributed by atoms with Gasteiger partial charge in [0.2, 0.25) is 0 Å². The zero-order valence-electron chi connectivity index (χ0n) is 5.05. The summed E-state index contributed by atoms with van der Waals surface area (Å²) in [5.41, 5.74) is 0. The second-order valence-corrected chi connectivity index (χ2v) is 2.07. The van der Waals surface area contributed by atoms with Crippen LogP contribution in [-0.4, -0.2) is 15.9 Å². The van der Waals surface area contributed by atoms with Gasteiger partial charge in [0.15, 0.2) is 8.38 Å². The van der Waals surface area contributed by atoms with E-state index in [2.05, 4.69) is 0 Å². The average molecular weight is 134 g/mol. The molecule has 0 aromatic heterocycles. The molecule has 0 spiro atoms. The van der Waals surface area contributed by atoms with E-state index in [1.807, 2.05) is 0 Å². The van der Waals surface area contributed by atoms with Gasteiger partial charge in [0.25, 0.3) is 0 Å². The van der Waals surface area contributed by atoms with Crippen LogP contribution in [0.25, 0.3) is 0 Å². The molecule has 0 unspecified atom stereocenters. The predicted octanol–water partition coefficient (Wildman–Crippen LogP) is -2.58. The Morgan fingerprint density at radius 1 is 1.67 bits per heavy atom. The molecule has 2 N–H and O–H groups in total. The van der Waals surface area contributed by atoms with E-state index in [4.69, 9.17) is 9.79 Å². The third-order valence-corrected chi connectivity index (χ3v) is 0.849. The molecule has 0 saturated heterocycles. The Bertz CT molecular complexity index is 29.7. The summed E-state index contributed by atoms with van der Waals surface area (Å²) in [5.74, 6) is 0. The summed E-state index contributed by atoms with van der Waals surface area (Å²) >= 11 is 0. The summed E-state index contributed by atoms with van der Waals surface area (Å²) < 4.78 is 0. The van der Waals surface area contributed by atoms with Crippen LogP contribution < -0.4 is 51.4 Å². The van der Waals surface area contributed by atoms with Crippen molar-refractivity contribution >= 4 is 8.38 Å². The quantitative estimate of drug-likeness (QED) is 0.305. The van der Waals surface area contributed by atoms with Gasteiger partial charge in [-0.3, -0.25) is 0 Å². The number of hydrogen-bond donors (Lipinski definition) is 2. The summed E-state index contributed by atoms with van der Waals surface area (Å²) in [6, 6.07) is 0. The summed E-state index contributed by atoms with van der Waals surface area (Å²) in [6.45, 7) is 1.73. The molecule has 0 rings (SSSR count). The predicted molar refractivity (Wildman–Crippen MR) is 23.0 cm³/mol. The second-order valence-electron chi connectivity index (χ2n) is 0.689. The fourth-order valence-electron chi connectivity index (χ4n) is 0. The molecule has 2 nitrogen and oxygen atoms in total. The van der Waals surface area contributed by atoms with E-state index in [1.54, 1.807) is 6.92 Å². The molecular weight excluding hydrogens is 126 g/mol. The van der Waals surface area contributed by atoms with Crippen LogP contribution in [0.5, 0.6) is 0 Å². The second kappa shape index (κ2) is 6.99. The van der Waals surface area contributed by atoms with Gasteiger partial charge in [-0.15, -0.1) is 0 Å². The first kappa shape index (κ1) is 10.9. The van der Waals surface area contributed by atoms with Gasteiger partial charge in [0, 0.05) is 6.16 Å². The molecule has 0 heterocycles. The van der Waals surface area contributed by atoms with Gasteiger partial charge in [-0.05, 0) is 0 Å². The van der Waals surface area contributed by atoms with Crippen LogP contribution in [0.15, 0.2) is 0 Å². The normalized spacial score (nSPS) is 8.00. The number of rotatable bonds is 1. The standard InChI is InChI=1S/C2H7O2P.K.H/c1-2-5(3)4;;/h3-4H,2H2,1H3;;/q;+1;-1. The summed E-state index contributed by atoms with van der Waals surface area (Å²) in [4.78, 5) is 16.0. The van der Waals surface area contributed by atoms with Crippen LogP contribution in [0.1, 0.15) is 8.35 Å². The van der Waals surface area contributed by atoms with Crippen LogP contribution >= 0.6 is 8.38 Å². The maximum absolute atomic E-state index is 7.98. The van der Waals surface area contributed by atoms with Crippen molar-refractivity contribution in [3.8, 4) is 0 Å². The minimum absolute atomic E-state index is 0. The smallest absolute Gasteiger partial charge is 1.00 e. The van der Waals surface area contributed by atoms with E-state index in [9.17, 15) is 0 Å². The van der Waals surface area contributed by atoms with Crippen molar-refractivity contribution in [2.24, 2.45) is 0 Å². The molecule has 4 heteroatoms. The molecule has 0 atom stereocenters. The molecule has 0 aliphatic carbocycles. The average Bonchev–Trinajstić information content (AvgIpc) is 1.38. The van der Waals surface area contributed by atoms with Crippen LogP contribution in [0, 0.1) is 0 Å². The van der Waals surface area contributed by atoms with E-state index in [0.29, 0.717) is 6.16 Å². The van der Waals surface area contributed by atoms with Gasteiger partial charge >= 0.3 is 51.4 Å². The molecule has 0 saturated carbocycles. The van der Waals surface area contributed by atoms with Gasteiger partial charge in [-0.25, -0.2) is 0 Å². The molecule has 0 bridgehead atoms. The van der Waals surface area contributed by atoms with Crippen molar-refractivity contribution in [3.05, 3.63) is 0 Å². The monoisotopic (exact) mass is 134 g/mol. The largest absolute Gasteiger partial charge is 1.00 e. The molecule has 0 fully saturated rings. The zero-order chi connectivity index (χ0) is 4.28. The first-order valence-corrected chi connectivity index (χ1v) is 2.86. The maximum atomic E-state index is 7.98. The van der Waals surface area contributed by atoms with Gasteiger partial charge < -0.3 is 11.2 Å². The Kier molecular flexibility index (Phi) is 12.7. The topological polar surface area (TPSA) is 40.5 Å². The first-order valence-electron chi connectivity index (χ1n) is 1.42. The van der Waals surface area contributed by atoms with Crippen LogP contribution in [0.3, 0.4) is 0 Å². The Balaban J connectivity index is -0.0000000800. The third kappa shape index (κ3) is 9.37.